The molecule has 0 spiro atoms. The van der Waals surface area contributed by atoms with Crippen molar-refractivity contribution < 1.29 is 24.3 Å². The zero-order chi connectivity index (χ0) is 14.6. The van der Waals surface area contributed by atoms with Crippen LogP contribution in [-0.2, 0) is 14.4 Å². The van der Waals surface area contributed by atoms with E-state index in [-0.39, 0.29) is 12.5 Å². The van der Waals surface area contributed by atoms with E-state index >= 15 is 0 Å². The Morgan fingerprint density at radius 1 is 1.42 bits per heavy atom. The molecule has 1 atom stereocenters. The second-order valence-electron chi connectivity index (χ2n) is 4.25. The summed E-state index contributed by atoms with van der Waals surface area (Å²) in [4.78, 5) is 47.4. The van der Waals surface area contributed by atoms with Gasteiger partial charge >= 0.3 is 12.0 Å². The number of rotatable bonds is 4. The first-order valence-corrected chi connectivity index (χ1v) is 5.61. The third-order valence-electron chi connectivity index (χ3n) is 2.75. The van der Waals surface area contributed by atoms with Crippen LogP contribution in [-0.4, -0.2) is 71.4 Å². The van der Waals surface area contributed by atoms with Crippen LogP contribution in [0.2, 0.25) is 0 Å². The van der Waals surface area contributed by atoms with Crippen LogP contribution in [0.1, 0.15) is 6.42 Å². The molecule has 4 N–H and O–H groups in total. The topological polar surface area (TPSA) is 133 Å². The van der Waals surface area contributed by atoms with Crippen LogP contribution in [0.5, 0.6) is 0 Å². The zero-order valence-electron chi connectivity index (χ0n) is 10.5. The van der Waals surface area contributed by atoms with Gasteiger partial charge in [0.15, 0.2) is 0 Å². The fourth-order valence-electron chi connectivity index (χ4n) is 1.57. The number of likely N-dealkylation sites (N-methyl/N-ethyl adjacent to an activating group) is 1. The number of carbonyl (C=O) groups is 4. The van der Waals surface area contributed by atoms with Crippen molar-refractivity contribution in [3.05, 3.63) is 0 Å². The molecule has 0 radical (unpaired) electrons. The predicted molar refractivity (Wildman–Crippen MR) is 63.0 cm³/mol. The largest absolute Gasteiger partial charge is 0.480 e. The van der Waals surface area contributed by atoms with Crippen LogP contribution in [0.15, 0.2) is 0 Å². The molecule has 0 unspecified atom stereocenters. The smallest absolute Gasteiger partial charge is 0.326 e. The number of hydrogen-bond donors (Lipinski definition) is 3. The molecule has 0 bridgehead atoms. The van der Waals surface area contributed by atoms with Crippen molar-refractivity contribution in [1.29, 1.82) is 0 Å². The molecule has 0 saturated carbocycles. The number of hydrogen-bond acceptors (Lipinski definition) is 4. The van der Waals surface area contributed by atoms with Gasteiger partial charge in [-0.1, -0.05) is 0 Å². The molecule has 1 aliphatic heterocycles. The maximum Gasteiger partial charge on any atom is 0.326 e. The summed E-state index contributed by atoms with van der Waals surface area (Å²) in [6.45, 7) is 0.558. The lowest BCUT2D eigenvalue weighted by molar-refractivity contribution is -0.141. The number of aliphatic carboxylic acids is 1. The Bertz CT molecular complexity index is 411. The average molecular weight is 272 g/mol. The highest BCUT2D eigenvalue weighted by atomic mass is 16.4. The van der Waals surface area contributed by atoms with Gasteiger partial charge in [-0.05, 0) is 0 Å². The van der Waals surface area contributed by atoms with Crippen molar-refractivity contribution in [2.45, 2.75) is 12.5 Å². The number of carboxylic acids is 1. The summed E-state index contributed by atoms with van der Waals surface area (Å²) in [6, 6.07) is -2.09. The normalized spacial score (nSPS) is 17.0. The lowest BCUT2D eigenvalue weighted by Crippen LogP contribution is -2.56. The summed E-state index contributed by atoms with van der Waals surface area (Å²) >= 11 is 0. The fourth-order valence-corrected chi connectivity index (χ4v) is 1.57. The first-order valence-electron chi connectivity index (χ1n) is 5.61. The molecule has 0 aromatic carbocycles. The van der Waals surface area contributed by atoms with Gasteiger partial charge in [0.05, 0.1) is 6.42 Å². The Hall–Kier alpha value is -2.32. The van der Waals surface area contributed by atoms with E-state index in [0.717, 1.165) is 0 Å². The number of nitrogens with two attached hydrogens (primary N) is 1. The second kappa shape index (κ2) is 6.03. The summed E-state index contributed by atoms with van der Waals surface area (Å²) in [5, 5.41) is 11.0. The van der Waals surface area contributed by atoms with E-state index < -0.39 is 30.4 Å². The summed E-state index contributed by atoms with van der Waals surface area (Å²) in [6.07, 6.45) is -0.497. The van der Waals surface area contributed by atoms with Crippen molar-refractivity contribution in [2.75, 3.05) is 26.7 Å². The number of urea groups is 1. The van der Waals surface area contributed by atoms with E-state index in [2.05, 4.69) is 5.32 Å². The molecule has 0 aromatic rings. The standard InChI is InChI=1S/C10H16N4O5/c1-13-2-3-14(5-8(13)16)10(19)12-6(9(17)18)4-7(11)15/h6H,2-5H2,1H3,(H2,11,15)(H,12,19)(H,17,18)/t6-/m1/s1. The highest BCUT2D eigenvalue weighted by Crippen LogP contribution is 2.02. The van der Waals surface area contributed by atoms with Crippen molar-refractivity contribution in [3.63, 3.8) is 0 Å². The summed E-state index contributed by atoms with van der Waals surface area (Å²) in [7, 11) is 1.62. The van der Waals surface area contributed by atoms with E-state index in [1.807, 2.05) is 0 Å². The fraction of sp³-hybridized carbons (Fsp3) is 0.600. The number of piperazine rings is 1. The first-order chi connectivity index (χ1) is 8.81. The molecular weight excluding hydrogens is 256 g/mol. The van der Waals surface area contributed by atoms with E-state index in [9.17, 15) is 19.2 Å². The number of amides is 4. The molecule has 9 heteroatoms. The van der Waals surface area contributed by atoms with E-state index in [1.54, 1.807) is 7.05 Å². The lowest BCUT2D eigenvalue weighted by atomic mass is 10.2. The molecular formula is C10H16N4O5. The van der Waals surface area contributed by atoms with Crippen LogP contribution >= 0.6 is 0 Å². The molecule has 19 heavy (non-hydrogen) atoms. The molecule has 1 rings (SSSR count). The quantitative estimate of drug-likeness (QED) is 0.534. The Morgan fingerprint density at radius 2 is 2.05 bits per heavy atom. The summed E-state index contributed by atoms with van der Waals surface area (Å²) in [5.74, 6) is -2.42. The number of carboxylic acid groups (broad SMARTS) is 1. The highest BCUT2D eigenvalue weighted by molar-refractivity contribution is 5.89. The van der Waals surface area contributed by atoms with Gasteiger partial charge in [-0.15, -0.1) is 0 Å². The van der Waals surface area contributed by atoms with Crippen molar-refractivity contribution >= 4 is 23.8 Å². The minimum absolute atomic E-state index is 0.120. The number of nitrogens with one attached hydrogen (secondary N) is 1. The van der Waals surface area contributed by atoms with Crippen LogP contribution in [0.3, 0.4) is 0 Å². The molecule has 1 fully saturated rings. The van der Waals surface area contributed by atoms with Gasteiger partial charge in [0.25, 0.3) is 0 Å². The Labute approximate surface area is 109 Å². The molecule has 9 nitrogen and oxygen atoms in total. The number of primary amides is 1. The Kier molecular flexibility index (Phi) is 4.67. The van der Waals surface area contributed by atoms with Gasteiger partial charge < -0.3 is 26.0 Å². The van der Waals surface area contributed by atoms with Crippen molar-refractivity contribution in [3.8, 4) is 0 Å². The average Bonchev–Trinajstić information content (AvgIpc) is 2.31. The zero-order valence-corrected chi connectivity index (χ0v) is 10.5. The molecule has 4 amide bonds. The molecule has 1 saturated heterocycles. The SMILES string of the molecule is CN1CCN(C(=O)N[C@H](CC(N)=O)C(=O)O)CC1=O. The van der Waals surface area contributed by atoms with E-state index in [0.29, 0.717) is 13.1 Å². The monoisotopic (exact) mass is 272 g/mol. The van der Waals surface area contributed by atoms with E-state index in [1.165, 1.54) is 9.80 Å². The van der Waals surface area contributed by atoms with Crippen molar-refractivity contribution in [2.24, 2.45) is 5.73 Å². The van der Waals surface area contributed by atoms with Gasteiger partial charge in [0.2, 0.25) is 11.8 Å². The Morgan fingerprint density at radius 3 is 2.53 bits per heavy atom. The number of carbonyl (C=O) groups excluding carboxylic acids is 3. The maximum absolute atomic E-state index is 11.8. The molecule has 106 valence electrons. The third kappa shape index (κ3) is 4.12. The minimum Gasteiger partial charge on any atom is -0.480 e. The summed E-state index contributed by atoms with van der Waals surface area (Å²) < 4.78 is 0. The number of nitrogens with zero attached hydrogens (tertiary/aromatic N) is 2. The minimum atomic E-state index is -1.39. The van der Waals surface area contributed by atoms with Gasteiger partial charge in [-0.25, -0.2) is 9.59 Å². The van der Waals surface area contributed by atoms with Gasteiger partial charge in [-0.3, -0.25) is 9.59 Å². The predicted octanol–water partition coefficient (Wildman–Crippen LogP) is -2.20. The van der Waals surface area contributed by atoms with E-state index in [4.69, 9.17) is 10.8 Å². The van der Waals surface area contributed by atoms with Gasteiger partial charge in [-0.2, -0.15) is 0 Å². The first kappa shape index (κ1) is 14.7. The summed E-state index contributed by atoms with van der Waals surface area (Å²) in [5.41, 5.74) is 4.90. The van der Waals surface area contributed by atoms with Crippen LogP contribution < -0.4 is 11.1 Å². The Balaban J connectivity index is 2.59. The maximum atomic E-state index is 11.8. The third-order valence-corrected chi connectivity index (χ3v) is 2.75. The van der Waals surface area contributed by atoms with Crippen LogP contribution in [0.4, 0.5) is 4.79 Å². The van der Waals surface area contributed by atoms with Crippen LogP contribution in [0.25, 0.3) is 0 Å². The van der Waals surface area contributed by atoms with Crippen LogP contribution in [0, 0.1) is 0 Å². The molecule has 0 aliphatic carbocycles. The van der Waals surface area contributed by atoms with Gasteiger partial charge in [0.1, 0.15) is 12.6 Å². The molecule has 0 aromatic heterocycles. The molecule has 1 aliphatic rings. The molecule has 1 heterocycles. The van der Waals surface area contributed by atoms with Crippen molar-refractivity contribution in [1.82, 2.24) is 15.1 Å². The van der Waals surface area contributed by atoms with Gasteiger partial charge in [0, 0.05) is 20.1 Å². The highest BCUT2D eigenvalue weighted by Gasteiger charge is 2.28. The second-order valence-corrected chi connectivity index (χ2v) is 4.25. The lowest BCUT2D eigenvalue weighted by Gasteiger charge is -2.32.